The molecule has 0 N–H and O–H groups in total. The highest BCUT2D eigenvalue weighted by Crippen LogP contribution is 1.95. The maximum Gasteiger partial charge on any atom is 0.344 e. The summed E-state index contributed by atoms with van der Waals surface area (Å²) < 4.78 is 8.81. The van der Waals surface area contributed by atoms with Gasteiger partial charge in [0.05, 0.1) is 13.0 Å². The molecule has 0 unspecified atom stereocenters. The predicted octanol–water partition coefficient (Wildman–Crippen LogP) is 0.359. The van der Waals surface area contributed by atoms with Crippen molar-refractivity contribution < 1.29 is 19.1 Å². The van der Waals surface area contributed by atoms with E-state index in [-0.39, 0.29) is 12.5 Å². The first-order valence-corrected chi connectivity index (χ1v) is 3.31. The van der Waals surface area contributed by atoms with Crippen LogP contribution in [0.5, 0.6) is 0 Å². The summed E-state index contributed by atoms with van der Waals surface area (Å²) >= 11 is 0. The molecule has 0 saturated carbocycles. The molecule has 0 fully saturated rings. The fraction of sp³-hybridized carbons (Fsp3) is 0.714. The van der Waals surface area contributed by atoms with E-state index in [9.17, 15) is 9.59 Å². The molecule has 11 heavy (non-hydrogen) atoms. The van der Waals surface area contributed by atoms with E-state index in [4.69, 9.17) is 0 Å². The molecular formula is C7H12O4. The number of methoxy groups -OCH3 is 1. The summed E-state index contributed by atoms with van der Waals surface area (Å²) in [5.41, 5.74) is 0. The molecule has 0 amide bonds. The SMILES string of the molecule is COC(=O)COC(=O)C(C)C. The molecule has 0 aliphatic rings. The Balaban J connectivity index is 3.54. The van der Waals surface area contributed by atoms with Crippen molar-refractivity contribution in [3.05, 3.63) is 0 Å². The van der Waals surface area contributed by atoms with Crippen LogP contribution >= 0.6 is 0 Å². The molecule has 64 valence electrons. The molecule has 0 rings (SSSR count). The van der Waals surface area contributed by atoms with Gasteiger partial charge in [-0.3, -0.25) is 4.79 Å². The zero-order valence-corrected chi connectivity index (χ0v) is 6.92. The lowest BCUT2D eigenvalue weighted by atomic mass is 10.2. The van der Waals surface area contributed by atoms with Crippen LogP contribution in [-0.2, 0) is 19.1 Å². The number of hydrogen-bond acceptors (Lipinski definition) is 4. The van der Waals surface area contributed by atoms with Crippen molar-refractivity contribution in [1.82, 2.24) is 0 Å². The molecule has 4 nitrogen and oxygen atoms in total. The van der Waals surface area contributed by atoms with Gasteiger partial charge in [0.15, 0.2) is 6.61 Å². The minimum atomic E-state index is -0.543. The van der Waals surface area contributed by atoms with Gasteiger partial charge in [-0.05, 0) is 0 Å². The third kappa shape index (κ3) is 4.36. The Bertz CT molecular complexity index is 151. The number of rotatable bonds is 3. The van der Waals surface area contributed by atoms with E-state index >= 15 is 0 Å². The van der Waals surface area contributed by atoms with Crippen molar-refractivity contribution in [2.75, 3.05) is 13.7 Å². The van der Waals surface area contributed by atoms with Crippen LogP contribution in [0.25, 0.3) is 0 Å². The molecule has 0 radical (unpaired) electrons. The summed E-state index contributed by atoms with van der Waals surface area (Å²) in [6.45, 7) is 3.09. The fourth-order valence-corrected chi connectivity index (χ4v) is 0.356. The highest BCUT2D eigenvalue weighted by atomic mass is 16.6. The van der Waals surface area contributed by atoms with Crippen LogP contribution in [0.3, 0.4) is 0 Å². The molecule has 0 aromatic heterocycles. The minimum absolute atomic E-state index is 0.209. The first-order chi connectivity index (χ1) is 5.07. The summed E-state index contributed by atoms with van der Waals surface area (Å²) in [7, 11) is 1.24. The number of hydrogen-bond donors (Lipinski definition) is 0. The van der Waals surface area contributed by atoms with Crippen LogP contribution in [0.1, 0.15) is 13.8 Å². The summed E-state index contributed by atoms with van der Waals surface area (Å²) in [6.07, 6.45) is 0. The Morgan fingerprint density at radius 1 is 1.36 bits per heavy atom. The van der Waals surface area contributed by atoms with Gasteiger partial charge in [-0.25, -0.2) is 4.79 Å². The van der Waals surface area contributed by atoms with Crippen molar-refractivity contribution in [2.45, 2.75) is 13.8 Å². The van der Waals surface area contributed by atoms with E-state index in [0.717, 1.165) is 0 Å². The first-order valence-electron chi connectivity index (χ1n) is 3.31. The molecule has 0 aromatic rings. The summed E-state index contributed by atoms with van der Waals surface area (Å²) in [6, 6.07) is 0. The van der Waals surface area contributed by atoms with E-state index in [2.05, 4.69) is 9.47 Å². The minimum Gasteiger partial charge on any atom is -0.466 e. The average Bonchev–Trinajstić information content (AvgIpc) is 1.99. The lowest BCUT2D eigenvalue weighted by Crippen LogP contribution is -2.18. The van der Waals surface area contributed by atoms with E-state index in [1.54, 1.807) is 13.8 Å². The van der Waals surface area contributed by atoms with E-state index in [1.807, 2.05) is 0 Å². The molecular weight excluding hydrogens is 148 g/mol. The van der Waals surface area contributed by atoms with Crippen LogP contribution < -0.4 is 0 Å². The monoisotopic (exact) mass is 160 g/mol. The van der Waals surface area contributed by atoms with Gasteiger partial charge >= 0.3 is 11.9 Å². The van der Waals surface area contributed by atoms with Gasteiger partial charge in [0.1, 0.15) is 0 Å². The van der Waals surface area contributed by atoms with Crippen LogP contribution in [-0.4, -0.2) is 25.7 Å². The Kier molecular flexibility index (Phi) is 4.26. The smallest absolute Gasteiger partial charge is 0.344 e. The van der Waals surface area contributed by atoms with E-state index in [0.29, 0.717) is 0 Å². The highest BCUT2D eigenvalue weighted by molar-refractivity contribution is 5.77. The van der Waals surface area contributed by atoms with Gasteiger partial charge in [0, 0.05) is 0 Å². The quantitative estimate of drug-likeness (QED) is 0.559. The van der Waals surface area contributed by atoms with Crippen molar-refractivity contribution in [1.29, 1.82) is 0 Å². The maximum atomic E-state index is 10.7. The molecule has 0 aromatic carbocycles. The van der Waals surface area contributed by atoms with Gasteiger partial charge in [0.25, 0.3) is 0 Å². The second-order valence-corrected chi connectivity index (χ2v) is 2.34. The molecule has 0 heterocycles. The number of esters is 2. The predicted molar refractivity (Wildman–Crippen MR) is 37.8 cm³/mol. The lowest BCUT2D eigenvalue weighted by Gasteiger charge is -2.04. The van der Waals surface area contributed by atoms with Crippen LogP contribution in [0.15, 0.2) is 0 Å². The number of carbonyl (C=O) groups is 2. The third-order valence-corrected chi connectivity index (χ3v) is 1.03. The maximum absolute atomic E-state index is 10.7. The van der Waals surface area contributed by atoms with Gasteiger partial charge < -0.3 is 9.47 Å². The summed E-state index contributed by atoms with van der Waals surface area (Å²) in [5, 5.41) is 0. The molecule has 0 saturated heterocycles. The second-order valence-electron chi connectivity index (χ2n) is 2.34. The summed E-state index contributed by atoms with van der Waals surface area (Å²) in [5.74, 6) is -1.14. The second kappa shape index (κ2) is 4.71. The molecule has 0 aliphatic heterocycles. The number of carbonyl (C=O) groups excluding carboxylic acids is 2. The first kappa shape index (κ1) is 9.94. The molecule has 4 heteroatoms. The van der Waals surface area contributed by atoms with Gasteiger partial charge in [-0.2, -0.15) is 0 Å². The fourth-order valence-electron chi connectivity index (χ4n) is 0.356. The zero-order chi connectivity index (χ0) is 8.85. The van der Waals surface area contributed by atoms with Crippen LogP contribution in [0, 0.1) is 5.92 Å². The van der Waals surface area contributed by atoms with Gasteiger partial charge in [-0.1, -0.05) is 13.8 Å². The topological polar surface area (TPSA) is 52.6 Å². The third-order valence-electron chi connectivity index (χ3n) is 1.03. The van der Waals surface area contributed by atoms with Crippen molar-refractivity contribution >= 4 is 11.9 Å². The lowest BCUT2D eigenvalue weighted by molar-refractivity contribution is -0.159. The zero-order valence-electron chi connectivity index (χ0n) is 6.92. The molecule has 0 spiro atoms. The Labute approximate surface area is 65.5 Å². The Morgan fingerprint density at radius 3 is 2.27 bits per heavy atom. The van der Waals surface area contributed by atoms with Crippen molar-refractivity contribution in [2.24, 2.45) is 5.92 Å². The highest BCUT2D eigenvalue weighted by Gasteiger charge is 2.10. The molecule has 0 bridgehead atoms. The van der Waals surface area contributed by atoms with Crippen molar-refractivity contribution in [3.63, 3.8) is 0 Å². The normalized spacial score (nSPS) is 9.45. The van der Waals surface area contributed by atoms with Gasteiger partial charge in [-0.15, -0.1) is 0 Å². The average molecular weight is 160 g/mol. The summed E-state index contributed by atoms with van der Waals surface area (Å²) in [4.78, 5) is 21.2. The Morgan fingerprint density at radius 2 is 1.91 bits per heavy atom. The largest absolute Gasteiger partial charge is 0.466 e. The van der Waals surface area contributed by atoms with Crippen molar-refractivity contribution in [3.8, 4) is 0 Å². The van der Waals surface area contributed by atoms with E-state index < -0.39 is 11.9 Å². The van der Waals surface area contributed by atoms with Crippen LogP contribution in [0.2, 0.25) is 0 Å². The Hall–Kier alpha value is -1.06. The number of ether oxygens (including phenoxy) is 2. The molecule has 0 atom stereocenters. The van der Waals surface area contributed by atoms with Crippen LogP contribution in [0.4, 0.5) is 0 Å². The standard InChI is InChI=1S/C7H12O4/c1-5(2)7(9)11-4-6(8)10-3/h5H,4H2,1-3H3. The van der Waals surface area contributed by atoms with E-state index in [1.165, 1.54) is 7.11 Å². The van der Waals surface area contributed by atoms with Gasteiger partial charge in [0.2, 0.25) is 0 Å². The molecule has 0 aliphatic carbocycles.